The van der Waals surface area contributed by atoms with Crippen molar-refractivity contribution in [2.45, 2.75) is 42.2 Å². The molecule has 2 aromatic heterocycles. The van der Waals surface area contributed by atoms with Crippen LogP contribution >= 0.6 is 23.1 Å². The molecule has 0 radical (unpaired) electrons. The molecule has 5 nitrogen and oxygen atoms in total. The topological polar surface area (TPSA) is 77.6 Å². The molecule has 0 amide bonds. The summed E-state index contributed by atoms with van der Waals surface area (Å²) in [6.45, 7) is 4.01. The highest BCUT2D eigenvalue weighted by atomic mass is 32.2. The molecule has 18 heavy (non-hydrogen) atoms. The van der Waals surface area contributed by atoms with Crippen LogP contribution in [0.1, 0.15) is 23.9 Å². The largest absolute Gasteiger partial charge is 0.327 e. The second kappa shape index (κ2) is 6.21. The van der Waals surface area contributed by atoms with Crippen LogP contribution in [0.2, 0.25) is 0 Å². The standard InChI is InChI=1S/C11H15N5S2/c1-3-9(12)4-8-5-13-10(14-6-8)18-11-16-15-7(2)17-11/h5-6,9H,3-4,12H2,1-2H3. The highest BCUT2D eigenvalue weighted by molar-refractivity contribution is 8.00. The number of nitrogens with two attached hydrogens (primary N) is 1. The third-order valence-electron chi connectivity index (χ3n) is 2.39. The molecule has 0 aromatic carbocycles. The zero-order chi connectivity index (χ0) is 13.0. The molecule has 1 unspecified atom stereocenters. The molecule has 1 atom stereocenters. The van der Waals surface area contributed by atoms with Gasteiger partial charge in [0.05, 0.1) is 0 Å². The molecule has 2 heterocycles. The lowest BCUT2D eigenvalue weighted by Gasteiger charge is -2.07. The maximum Gasteiger partial charge on any atom is 0.194 e. The smallest absolute Gasteiger partial charge is 0.194 e. The molecule has 0 aliphatic carbocycles. The molecule has 2 rings (SSSR count). The van der Waals surface area contributed by atoms with Crippen LogP contribution < -0.4 is 5.73 Å². The van der Waals surface area contributed by atoms with E-state index in [-0.39, 0.29) is 6.04 Å². The molecule has 0 aliphatic rings. The Balaban J connectivity index is 1.99. The molecule has 2 N–H and O–H groups in total. The summed E-state index contributed by atoms with van der Waals surface area (Å²) in [4.78, 5) is 8.61. The van der Waals surface area contributed by atoms with Gasteiger partial charge in [-0.3, -0.25) is 0 Å². The summed E-state index contributed by atoms with van der Waals surface area (Å²) in [5.74, 6) is 0. The maximum absolute atomic E-state index is 5.89. The van der Waals surface area contributed by atoms with Crippen LogP contribution in [0, 0.1) is 6.92 Å². The predicted molar refractivity (Wildman–Crippen MR) is 72.8 cm³/mol. The predicted octanol–water partition coefficient (Wildman–Crippen LogP) is 2.07. The van der Waals surface area contributed by atoms with Crippen LogP contribution in [-0.2, 0) is 6.42 Å². The summed E-state index contributed by atoms with van der Waals surface area (Å²) in [5.41, 5.74) is 6.96. The van der Waals surface area contributed by atoms with Crippen LogP contribution in [0.5, 0.6) is 0 Å². The fraction of sp³-hybridized carbons (Fsp3) is 0.455. The van der Waals surface area contributed by atoms with Crippen molar-refractivity contribution in [3.8, 4) is 0 Å². The van der Waals surface area contributed by atoms with E-state index < -0.39 is 0 Å². The number of aryl methyl sites for hydroxylation is 1. The number of rotatable bonds is 5. The molecule has 0 fully saturated rings. The van der Waals surface area contributed by atoms with Crippen molar-refractivity contribution in [2.24, 2.45) is 5.73 Å². The summed E-state index contributed by atoms with van der Waals surface area (Å²) in [7, 11) is 0. The van der Waals surface area contributed by atoms with E-state index in [9.17, 15) is 0 Å². The molecule has 0 saturated heterocycles. The van der Waals surface area contributed by atoms with E-state index in [0.29, 0.717) is 5.16 Å². The monoisotopic (exact) mass is 281 g/mol. The first kappa shape index (κ1) is 13.4. The van der Waals surface area contributed by atoms with Gasteiger partial charge in [-0.15, -0.1) is 10.2 Å². The van der Waals surface area contributed by atoms with Crippen molar-refractivity contribution < 1.29 is 0 Å². The van der Waals surface area contributed by atoms with Gasteiger partial charge in [0.2, 0.25) is 0 Å². The van der Waals surface area contributed by atoms with Crippen LogP contribution in [-0.4, -0.2) is 26.2 Å². The Morgan fingerprint density at radius 1 is 1.33 bits per heavy atom. The maximum atomic E-state index is 5.89. The lowest BCUT2D eigenvalue weighted by atomic mass is 10.1. The number of hydrogen-bond donors (Lipinski definition) is 1. The zero-order valence-electron chi connectivity index (χ0n) is 10.3. The fourth-order valence-corrected chi connectivity index (χ4v) is 2.96. The van der Waals surface area contributed by atoms with Gasteiger partial charge in [-0.2, -0.15) is 0 Å². The first-order chi connectivity index (χ1) is 8.67. The Hall–Kier alpha value is -1.05. The molecule has 0 spiro atoms. The highest BCUT2D eigenvalue weighted by Crippen LogP contribution is 2.26. The molecule has 7 heteroatoms. The number of hydrogen-bond acceptors (Lipinski definition) is 7. The van der Waals surface area contributed by atoms with E-state index >= 15 is 0 Å². The van der Waals surface area contributed by atoms with Crippen LogP contribution in [0.25, 0.3) is 0 Å². The van der Waals surface area contributed by atoms with E-state index in [1.807, 2.05) is 19.3 Å². The first-order valence-corrected chi connectivity index (χ1v) is 7.35. The van der Waals surface area contributed by atoms with E-state index in [1.165, 1.54) is 11.8 Å². The van der Waals surface area contributed by atoms with Gasteiger partial charge in [-0.25, -0.2) is 9.97 Å². The molecular weight excluding hydrogens is 266 g/mol. The Bertz CT molecular complexity index is 496. The molecule has 0 saturated carbocycles. The summed E-state index contributed by atoms with van der Waals surface area (Å²) in [5, 5.41) is 9.62. The second-order valence-corrected chi connectivity index (χ2v) is 6.33. The van der Waals surface area contributed by atoms with Gasteiger partial charge < -0.3 is 5.73 Å². The Labute approximate surface area is 114 Å². The fourth-order valence-electron chi connectivity index (χ4n) is 1.35. The normalized spacial score (nSPS) is 12.6. The summed E-state index contributed by atoms with van der Waals surface area (Å²) in [6.07, 6.45) is 5.44. The van der Waals surface area contributed by atoms with Crippen molar-refractivity contribution in [1.29, 1.82) is 0 Å². The highest BCUT2D eigenvalue weighted by Gasteiger charge is 2.07. The lowest BCUT2D eigenvalue weighted by Crippen LogP contribution is -2.21. The Morgan fingerprint density at radius 2 is 2.06 bits per heavy atom. The second-order valence-electron chi connectivity index (χ2n) is 3.94. The van der Waals surface area contributed by atoms with Gasteiger partial charge in [0, 0.05) is 18.4 Å². The van der Waals surface area contributed by atoms with Crippen molar-refractivity contribution in [3.63, 3.8) is 0 Å². The molecule has 0 bridgehead atoms. The summed E-state index contributed by atoms with van der Waals surface area (Å²) >= 11 is 2.97. The lowest BCUT2D eigenvalue weighted by molar-refractivity contribution is 0.641. The first-order valence-electron chi connectivity index (χ1n) is 5.72. The van der Waals surface area contributed by atoms with Crippen molar-refractivity contribution >= 4 is 23.1 Å². The molecule has 96 valence electrons. The van der Waals surface area contributed by atoms with Gasteiger partial charge in [0.15, 0.2) is 9.50 Å². The third kappa shape index (κ3) is 3.72. The van der Waals surface area contributed by atoms with Gasteiger partial charge >= 0.3 is 0 Å². The summed E-state index contributed by atoms with van der Waals surface area (Å²) in [6, 6.07) is 0.179. The SMILES string of the molecule is CCC(N)Cc1cnc(Sc2nnc(C)s2)nc1. The van der Waals surface area contributed by atoms with E-state index in [1.54, 1.807) is 11.3 Å². The van der Waals surface area contributed by atoms with Crippen molar-refractivity contribution in [3.05, 3.63) is 23.0 Å². The van der Waals surface area contributed by atoms with E-state index in [0.717, 1.165) is 27.8 Å². The third-order valence-corrected chi connectivity index (χ3v) is 4.17. The van der Waals surface area contributed by atoms with Crippen LogP contribution in [0.15, 0.2) is 21.9 Å². The number of aromatic nitrogens is 4. The van der Waals surface area contributed by atoms with E-state index in [2.05, 4.69) is 27.1 Å². The van der Waals surface area contributed by atoms with Crippen molar-refractivity contribution in [2.75, 3.05) is 0 Å². The average molecular weight is 281 g/mol. The summed E-state index contributed by atoms with van der Waals surface area (Å²) < 4.78 is 0.866. The molecule has 0 aliphatic heterocycles. The van der Waals surface area contributed by atoms with Crippen LogP contribution in [0.4, 0.5) is 0 Å². The van der Waals surface area contributed by atoms with Gasteiger partial charge in [0.25, 0.3) is 0 Å². The van der Waals surface area contributed by atoms with Gasteiger partial charge in [-0.05, 0) is 37.1 Å². The number of nitrogens with zero attached hydrogens (tertiary/aromatic N) is 4. The minimum absolute atomic E-state index is 0.179. The Morgan fingerprint density at radius 3 is 2.61 bits per heavy atom. The quantitative estimate of drug-likeness (QED) is 0.845. The Kier molecular flexibility index (Phi) is 4.62. The van der Waals surface area contributed by atoms with Gasteiger partial charge in [-0.1, -0.05) is 18.3 Å². The molecule has 2 aromatic rings. The average Bonchev–Trinajstić information content (AvgIpc) is 2.77. The van der Waals surface area contributed by atoms with Crippen molar-refractivity contribution in [1.82, 2.24) is 20.2 Å². The zero-order valence-corrected chi connectivity index (χ0v) is 12.0. The minimum atomic E-state index is 0.179. The van der Waals surface area contributed by atoms with Gasteiger partial charge in [0.1, 0.15) is 5.01 Å². The minimum Gasteiger partial charge on any atom is -0.327 e. The van der Waals surface area contributed by atoms with E-state index in [4.69, 9.17) is 5.73 Å². The molecular formula is C11H15N5S2. The van der Waals surface area contributed by atoms with Crippen LogP contribution in [0.3, 0.4) is 0 Å².